The van der Waals surface area contributed by atoms with Crippen LogP contribution in [0.5, 0.6) is 5.75 Å². The molecule has 0 fully saturated rings. The van der Waals surface area contributed by atoms with Gasteiger partial charge in [-0.3, -0.25) is 0 Å². The molecule has 0 spiro atoms. The van der Waals surface area contributed by atoms with Crippen molar-refractivity contribution in [3.63, 3.8) is 0 Å². The Morgan fingerprint density at radius 1 is 0.909 bits per heavy atom. The van der Waals surface area contributed by atoms with Gasteiger partial charge in [0.25, 0.3) is 5.92 Å². The molecule has 0 saturated carbocycles. The Morgan fingerprint density at radius 2 is 1.50 bits per heavy atom. The van der Waals surface area contributed by atoms with Crippen LogP contribution in [0.15, 0.2) is 48.5 Å². The van der Waals surface area contributed by atoms with Crippen molar-refractivity contribution in [1.82, 2.24) is 0 Å². The van der Waals surface area contributed by atoms with Crippen LogP contribution in [0.3, 0.4) is 0 Å². The summed E-state index contributed by atoms with van der Waals surface area (Å²) in [5, 5.41) is 0. The third kappa shape index (κ3) is 4.30. The third-order valence-electron chi connectivity index (χ3n) is 3.78. The molecule has 3 heteroatoms. The summed E-state index contributed by atoms with van der Waals surface area (Å²) in [6.07, 6.45) is 2.98. The van der Waals surface area contributed by atoms with Crippen LogP contribution in [-0.2, 0) is 18.8 Å². The Kier molecular flexibility index (Phi) is 5.53. The summed E-state index contributed by atoms with van der Waals surface area (Å²) in [6.45, 7) is 2.14. The van der Waals surface area contributed by atoms with Gasteiger partial charge in [-0.05, 0) is 48.2 Å². The van der Waals surface area contributed by atoms with E-state index in [1.807, 2.05) is 24.3 Å². The van der Waals surface area contributed by atoms with Crippen molar-refractivity contribution in [2.75, 3.05) is 7.11 Å². The number of hydrogen-bond donors (Lipinski definition) is 0. The summed E-state index contributed by atoms with van der Waals surface area (Å²) >= 11 is 0. The van der Waals surface area contributed by atoms with E-state index in [0.29, 0.717) is 11.3 Å². The Hall–Kier alpha value is -1.90. The molecule has 0 aliphatic heterocycles. The minimum atomic E-state index is -2.88. The van der Waals surface area contributed by atoms with Crippen molar-refractivity contribution in [3.05, 3.63) is 65.2 Å². The van der Waals surface area contributed by atoms with Gasteiger partial charge in [-0.2, -0.15) is 0 Å². The summed E-state index contributed by atoms with van der Waals surface area (Å²) < 4.78 is 33.7. The summed E-state index contributed by atoms with van der Waals surface area (Å²) in [5.74, 6) is -2.29. The molecule has 2 aromatic carbocycles. The van der Waals surface area contributed by atoms with Gasteiger partial charge in [0.05, 0.1) is 7.11 Å². The molecule has 0 aliphatic rings. The number of unbranched alkanes of at least 4 members (excludes halogenated alkanes) is 1. The molecule has 118 valence electrons. The summed E-state index contributed by atoms with van der Waals surface area (Å²) in [4.78, 5) is 0. The van der Waals surface area contributed by atoms with Crippen LogP contribution in [0, 0.1) is 0 Å². The molecule has 2 rings (SSSR count). The van der Waals surface area contributed by atoms with Crippen LogP contribution >= 0.6 is 0 Å². The molecule has 2 aromatic rings. The van der Waals surface area contributed by atoms with Gasteiger partial charge in [-0.1, -0.05) is 37.6 Å². The standard InChI is InChI=1S/C19H22F2O/c1-3-4-5-15-6-8-16(9-7-15)14-19(20,21)17-10-12-18(22-2)13-11-17/h6-13H,3-5,14H2,1-2H3. The molecule has 0 aliphatic carbocycles. The van der Waals surface area contributed by atoms with Gasteiger partial charge in [0.1, 0.15) is 5.75 Å². The molecule has 0 bridgehead atoms. The third-order valence-corrected chi connectivity index (χ3v) is 3.78. The summed E-state index contributed by atoms with van der Waals surface area (Å²) in [7, 11) is 1.52. The fourth-order valence-electron chi connectivity index (χ4n) is 2.40. The van der Waals surface area contributed by atoms with Crippen LogP contribution in [0.1, 0.15) is 36.5 Å². The number of ether oxygens (including phenoxy) is 1. The van der Waals surface area contributed by atoms with E-state index in [9.17, 15) is 8.78 Å². The van der Waals surface area contributed by atoms with Gasteiger partial charge >= 0.3 is 0 Å². The highest BCUT2D eigenvalue weighted by Crippen LogP contribution is 2.33. The second-order valence-corrected chi connectivity index (χ2v) is 5.53. The summed E-state index contributed by atoms with van der Waals surface area (Å²) in [6, 6.07) is 13.5. The topological polar surface area (TPSA) is 9.23 Å². The van der Waals surface area contributed by atoms with Crippen LogP contribution in [0.25, 0.3) is 0 Å². The summed E-state index contributed by atoms with van der Waals surface area (Å²) in [5.41, 5.74) is 1.88. The highest BCUT2D eigenvalue weighted by atomic mass is 19.3. The first-order chi connectivity index (χ1) is 10.5. The molecule has 0 heterocycles. The highest BCUT2D eigenvalue weighted by molar-refractivity contribution is 5.32. The van der Waals surface area contributed by atoms with Crippen molar-refractivity contribution in [2.24, 2.45) is 0 Å². The number of halogens is 2. The molecule has 0 N–H and O–H groups in total. The molecule has 0 radical (unpaired) electrons. The Balaban J connectivity index is 2.06. The average molecular weight is 304 g/mol. The maximum absolute atomic E-state index is 14.3. The first-order valence-corrected chi connectivity index (χ1v) is 7.65. The zero-order chi connectivity index (χ0) is 16.0. The number of rotatable bonds is 7. The maximum Gasteiger partial charge on any atom is 0.277 e. The molecular weight excluding hydrogens is 282 g/mol. The maximum atomic E-state index is 14.3. The fourth-order valence-corrected chi connectivity index (χ4v) is 2.40. The first-order valence-electron chi connectivity index (χ1n) is 7.65. The van der Waals surface area contributed by atoms with Gasteiger partial charge < -0.3 is 4.74 Å². The van der Waals surface area contributed by atoms with Crippen molar-refractivity contribution < 1.29 is 13.5 Å². The van der Waals surface area contributed by atoms with Crippen molar-refractivity contribution >= 4 is 0 Å². The molecule has 0 aromatic heterocycles. The molecule has 22 heavy (non-hydrogen) atoms. The van der Waals surface area contributed by atoms with Gasteiger partial charge in [-0.15, -0.1) is 0 Å². The average Bonchev–Trinajstić information content (AvgIpc) is 2.54. The lowest BCUT2D eigenvalue weighted by Crippen LogP contribution is -2.16. The van der Waals surface area contributed by atoms with Crippen LogP contribution in [0.2, 0.25) is 0 Å². The number of aryl methyl sites for hydroxylation is 1. The van der Waals surface area contributed by atoms with E-state index >= 15 is 0 Å². The van der Waals surface area contributed by atoms with E-state index in [1.165, 1.54) is 24.8 Å². The van der Waals surface area contributed by atoms with E-state index in [0.717, 1.165) is 19.3 Å². The Labute approximate surface area is 130 Å². The molecule has 0 amide bonds. The SMILES string of the molecule is CCCCc1ccc(CC(F)(F)c2ccc(OC)cc2)cc1. The lowest BCUT2D eigenvalue weighted by Gasteiger charge is -2.17. The normalized spacial score (nSPS) is 11.5. The zero-order valence-electron chi connectivity index (χ0n) is 13.1. The quantitative estimate of drug-likeness (QED) is 0.668. The van der Waals surface area contributed by atoms with Gasteiger partial charge in [-0.25, -0.2) is 8.78 Å². The van der Waals surface area contributed by atoms with E-state index in [2.05, 4.69) is 6.92 Å². The molecule has 1 nitrogen and oxygen atoms in total. The molecule has 0 saturated heterocycles. The Bertz CT molecular complexity index is 573. The van der Waals surface area contributed by atoms with Crippen LogP contribution < -0.4 is 4.74 Å². The fraction of sp³-hybridized carbons (Fsp3) is 0.368. The first kappa shape index (κ1) is 16.5. The molecule has 0 unspecified atom stereocenters. The lowest BCUT2D eigenvalue weighted by molar-refractivity contribution is -0.00385. The second-order valence-electron chi connectivity index (χ2n) is 5.53. The van der Waals surface area contributed by atoms with Crippen molar-refractivity contribution in [1.29, 1.82) is 0 Å². The second kappa shape index (κ2) is 7.39. The smallest absolute Gasteiger partial charge is 0.277 e. The lowest BCUT2D eigenvalue weighted by atomic mass is 9.98. The minimum absolute atomic E-state index is 0.0170. The number of alkyl halides is 2. The van der Waals surface area contributed by atoms with Crippen molar-refractivity contribution in [3.8, 4) is 5.75 Å². The van der Waals surface area contributed by atoms with Gasteiger partial charge in [0, 0.05) is 12.0 Å². The molecular formula is C19H22F2O. The Morgan fingerprint density at radius 3 is 2.05 bits per heavy atom. The molecule has 0 atom stereocenters. The largest absolute Gasteiger partial charge is 0.497 e. The predicted octanol–water partition coefficient (Wildman–Crippen LogP) is 5.37. The van der Waals surface area contributed by atoms with Gasteiger partial charge in [0.2, 0.25) is 0 Å². The van der Waals surface area contributed by atoms with E-state index in [1.54, 1.807) is 12.1 Å². The van der Waals surface area contributed by atoms with E-state index in [4.69, 9.17) is 4.74 Å². The van der Waals surface area contributed by atoms with Crippen LogP contribution in [0.4, 0.5) is 8.78 Å². The van der Waals surface area contributed by atoms with E-state index in [-0.39, 0.29) is 12.0 Å². The number of methoxy groups -OCH3 is 1. The van der Waals surface area contributed by atoms with Gasteiger partial charge in [0.15, 0.2) is 0 Å². The highest BCUT2D eigenvalue weighted by Gasteiger charge is 2.31. The van der Waals surface area contributed by atoms with Crippen LogP contribution in [-0.4, -0.2) is 7.11 Å². The minimum Gasteiger partial charge on any atom is -0.497 e. The number of benzene rings is 2. The predicted molar refractivity (Wildman–Crippen MR) is 85.6 cm³/mol. The van der Waals surface area contributed by atoms with E-state index < -0.39 is 5.92 Å². The monoisotopic (exact) mass is 304 g/mol. The van der Waals surface area contributed by atoms with Crippen molar-refractivity contribution in [2.45, 2.75) is 38.5 Å². The zero-order valence-corrected chi connectivity index (χ0v) is 13.1. The number of hydrogen-bond acceptors (Lipinski definition) is 1.